The molecule has 0 spiro atoms. The van der Waals surface area contributed by atoms with Gasteiger partial charge in [0.2, 0.25) is 0 Å². The van der Waals surface area contributed by atoms with Crippen molar-refractivity contribution in [2.45, 2.75) is 0 Å². The predicted octanol–water partition coefficient (Wildman–Crippen LogP) is 22.9. The van der Waals surface area contributed by atoms with Gasteiger partial charge in [0.05, 0.1) is 68.5 Å². The van der Waals surface area contributed by atoms with Crippen molar-refractivity contribution in [3.05, 3.63) is 302 Å². The molecule has 0 fully saturated rings. The van der Waals surface area contributed by atoms with Crippen LogP contribution in [0.4, 0.5) is 0 Å². The summed E-state index contributed by atoms with van der Waals surface area (Å²) in [6.45, 7) is 0. The van der Waals surface area contributed by atoms with Crippen molar-refractivity contribution in [3.8, 4) is 66.8 Å². The van der Waals surface area contributed by atoms with E-state index in [1.54, 1.807) is 0 Å². The minimum Gasteiger partial charge on any atom is -0.456 e. The smallest absolute Gasteiger partial charge is 0.136 e. The number of furan rings is 2. The van der Waals surface area contributed by atoms with Crippen molar-refractivity contribution < 1.29 is 77.4 Å². The van der Waals surface area contributed by atoms with Gasteiger partial charge in [0, 0.05) is 21.5 Å². The molecule has 0 atom stereocenters. The first-order chi connectivity index (χ1) is 61.5. The lowest BCUT2D eigenvalue weighted by atomic mass is 9.83. The standard InChI is InChI=1S/C42H26O.C38H24O/c1-2-13-27(14-3-1)37-26-29(25-28-15-4-5-16-30(28)37)40-31-17-6-8-19-33(31)41(34-20-9-7-18-32(34)40)36-22-12-24-39-42(36)35-21-10-11-23-38(35)43-39;1-2-11-25(12-3-1)26-21-23-27(24-22-26)36-28-13-4-6-15-30(28)37(31-16-7-5-14-29(31)36)33-18-10-20-35-38(33)32-17-8-9-19-34(32)39-35/h1-26H;1-24H/i1D,2D,3D,4D,5D,6D,7D,8D,9D,10D,11D,12D,13D,14D,15D,16D,17D,18D,19D,20D,21D,22D,23D,24D,25D,26D;1D,2D,3D,4D,5D,6D,7D,8D,9D,10D,11D,12D,13D,14D,15D,16D,17D,18D,19D,20D,21D,22D,23D,24D. The molecule has 0 aliphatic rings. The van der Waals surface area contributed by atoms with Gasteiger partial charge in [0.25, 0.3) is 0 Å². The highest BCUT2D eigenvalue weighted by Crippen LogP contribution is 2.50. The number of benzene rings is 15. The van der Waals surface area contributed by atoms with Crippen LogP contribution in [-0.2, 0) is 0 Å². The van der Waals surface area contributed by atoms with E-state index in [2.05, 4.69) is 0 Å². The molecule has 0 saturated heterocycles. The third-order valence-electron chi connectivity index (χ3n) is 13.2. The summed E-state index contributed by atoms with van der Waals surface area (Å²) in [5, 5.41) is -8.96. The zero-order valence-corrected chi connectivity index (χ0v) is 40.8. The first-order valence-electron chi connectivity index (χ1n) is 49.1. The molecule has 2 heterocycles. The van der Waals surface area contributed by atoms with E-state index in [0.29, 0.717) is 0 Å². The zero-order valence-electron chi connectivity index (χ0n) is 90.8. The first kappa shape index (κ1) is 18.9. The number of fused-ring (bicyclic) bond motifs is 11. The molecule has 382 valence electrons. The highest BCUT2D eigenvalue weighted by Gasteiger charge is 2.23. The van der Waals surface area contributed by atoms with E-state index in [1.807, 2.05) is 0 Å². The molecular weight excluding hydrogens is 993 g/mol. The number of hydrogen-bond acceptors (Lipinski definition) is 2. The monoisotopic (exact) mass is 1090 g/mol. The lowest BCUT2D eigenvalue weighted by molar-refractivity contribution is 0.668. The Kier molecular flexibility index (Phi) is 4.50. The van der Waals surface area contributed by atoms with Crippen LogP contribution in [0.2, 0.25) is 0 Å². The summed E-state index contributed by atoms with van der Waals surface area (Å²) >= 11 is 0. The van der Waals surface area contributed by atoms with Gasteiger partial charge in [-0.05, 0) is 157 Å². The van der Waals surface area contributed by atoms with Gasteiger partial charge >= 0.3 is 0 Å². The molecule has 0 radical (unpaired) electrons. The Labute approximate surface area is 544 Å². The normalized spacial score (nSPS) is 20.2. The summed E-state index contributed by atoms with van der Waals surface area (Å²) in [4.78, 5) is 0. The van der Waals surface area contributed by atoms with Gasteiger partial charge in [-0.25, -0.2) is 0 Å². The van der Waals surface area contributed by atoms with Crippen molar-refractivity contribution in [2.75, 3.05) is 0 Å². The molecular formula is C80H50O2. The third kappa shape index (κ3) is 7.72. The van der Waals surface area contributed by atoms with Gasteiger partial charge in [-0.15, -0.1) is 0 Å². The van der Waals surface area contributed by atoms with Crippen LogP contribution >= 0.6 is 0 Å². The topological polar surface area (TPSA) is 26.3 Å². The summed E-state index contributed by atoms with van der Waals surface area (Å²) in [7, 11) is 0. The molecule has 82 heavy (non-hydrogen) atoms. The van der Waals surface area contributed by atoms with Gasteiger partial charge in [0.1, 0.15) is 22.3 Å². The maximum atomic E-state index is 9.92. The third-order valence-corrected chi connectivity index (χ3v) is 13.2. The van der Waals surface area contributed by atoms with Crippen molar-refractivity contribution in [2.24, 2.45) is 0 Å². The average Bonchev–Trinajstić information content (AvgIpc) is 1.66. The molecule has 2 heteroatoms. The van der Waals surface area contributed by atoms with Crippen LogP contribution in [-0.4, -0.2) is 0 Å². The molecule has 17 aromatic rings. The van der Waals surface area contributed by atoms with Crippen LogP contribution in [0.25, 0.3) is 165 Å². The maximum Gasteiger partial charge on any atom is 0.136 e. The first-order valence-corrected chi connectivity index (χ1v) is 24.1. The van der Waals surface area contributed by atoms with Crippen molar-refractivity contribution >= 4 is 97.7 Å². The lowest BCUT2D eigenvalue weighted by Crippen LogP contribution is -1.92. The summed E-state index contributed by atoms with van der Waals surface area (Å²) in [6, 6.07) is -45.8. The highest BCUT2D eigenvalue weighted by molar-refractivity contribution is 6.28. The van der Waals surface area contributed by atoms with E-state index >= 15 is 0 Å². The van der Waals surface area contributed by atoms with E-state index < -0.39 is 467 Å². The Bertz CT molecular complexity index is 8190. The molecule has 0 N–H and O–H groups in total. The summed E-state index contributed by atoms with van der Waals surface area (Å²) in [6.07, 6.45) is 0. The zero-order chi connectivity index (χ0) is 97.6. The van der Waals surface area contributed by atoms with Gasteiger partial charge in [-0.3, -0.25) is 0 Å². The molecule has 0 bridgehead atoms. The Morgan fingerprint density at radius 2 is 0.524 bits per heavy atom. The molecule has 15 aromatic carbocycles. The Morgan fingerprint density at radius 1 is 0.195 bits per heavy atom. The van der Waals surface area contributed by atoms with Crippen LogP contribution in [0.3, 0.4) is 0 Å². The Hall–Kier alpha value is -10.8. The molecule has 2 nitrogen and oxygen atoms in total. The van der Waals surface area contributed by atoms with Crippen molar-refractivity contribution in [1.82, 2.24) is 0 Å². The molecule has 0 saturated carbocycles. The van der Waals surface area contributed by atoms with Gasteiger partial charge < -0.3 is 8.83 Å². The van der Waals surface area contributed by atoms with E-state index in [1.165, 1.54) is 0 Å². The van der Waals surface area contributed by atoms with Crippen LogP contribution in [0, 0.1) is 0 Å². The minimum absolute atomic E-state index is 0.442. The fraction of sp³-hybridized carbons (Fsp3) is 0. The molecule has 0 aliphatic carbocycles. The summed E-state index contributed by atoms with van der Waals surface area (Å²) in [5.74, 6) is 0. The number of hydrogen-bond donors (Lipinski definition) is 0. The molecule has 2 aromatic heterocycles. The Morgan fingerprint density at radius 3 is 0.988 bits per heavy atom. The Balaban J connectivity index is 0.000000193. The number of rotatable bonds is 6. The minimum atomic E-state index is -1.06. The molecule has 0 amide bonds. The van der Waals surface area contributed by atoms with Crippen LogP contribution < -0.4 is 0 Å². The van der Waals surface area contributed by atoms with Crippen molar-refractivity contribution in [3.63, 3.8) is 0 Å². The van der Waals surface area contributed by atoms with Gasteiger partial charge in [-0.1, -0.05) is 266 Å². The van der Waals surface area contributed by atoms with Crippen molar-refractivity contribution in [1.29, 1.82) is 0 Å². The molecule has 0 unspecified atom stereocenters. The van der Waals surface area contributed by atoms with Crippen LogP contribution in [0.1, 0.15) is 68.5 Å². The largest absolute Gasteiger partial charge is 0.456 e. The average molecular weight is 1090 g/mol. The predicted molar refractivity (Wildman–Crippen MR) is 348 cm³/mol. The molecule has 0 aliphatic heterocycles. The fourth-order valence-electron chi connectivity index (χ4n) is 9.91. The van der Waals surface area contributed by atoms with E-state index in [9.17, 15) is 19.2 Å². The number of para-hydroxylation sites is 2. The van der Waals surface area contributed by atoms with E-state index in [0.717, 1.165) is 0 Å². The quantitative estimate of drug-likeness (QED) is 0.155. The second kappa shape index (κ2) is 19.5. The van der Waals surface area contributed by atoms with Gasteiger partial charge in [0.15, 0.2) is 0 Å². The summed E-state index contributed by atoms with van der Waals surface area (Å²) < 4.78 is 456. The highest BCUT2D eigenvalue weighted by atomic mass is 16.3. The van der Waals surface area contributed by atoms with Crippen LogP contribution in [0.5, 0.6) is 0 Å². The second-order valence-corrected chi connectivity index (χ2v) is 17.5. The van der Waals surface area contributed by atoms with E-state index in [-0.39, 0.29) is 0 Å². The van der Waals surface area contributed by atoms with E-state index in [4.69, 9.17) is 58.2 Å². The van der Waals surface area contributed by atoms with Crippen LogP contribution in [0.15, 0.2) is 311 Å². The summed E-state index contributed by atoms with van der Waals surface area (Å²) in [5.41, 5.74) is -11.0. The maximum absolute atomic E-state index is 9.92. The molecule has 17 rings (SSSR count). The lowest BCUT2D eigenvalue weighted by Gasteiger charge is -2.19. The van der Waals surface area contributed by atoms with Gasteiger partial charge in [-0.2, -0.15) is 0 Å². The SMILES string of the molecule is [2H]c1c([2H])c([2H])c(-c2c([2H])c(-c3c4c([2H])c([2H])c([2H])c([2H])c4c(-c4c([2H])c([2H])c([2H])c5oc6c([2H])c([2H])c([2H])c([2H])c6c45)c4c([2H])c([2H])c([2H])c([2H])c34)c([2H])c3c([2H])c([2H])c([2H])c([2H])c23)c([2H])c1[2H].[2H]c1c([2H])c([2H])c(-c2c([2H])c([2H])c(-c3c4c([2H])c([2H])c([2H])c([2H])c4c(-c4c([2H])c([2H])c([2H])c5oc6c([2H])c([2H])c([2H])c([2H])c6c45)c4c([2H])c([2H])c([2H])c([2H])c34)c([2H])c2[2H])c([2H])c1[2H]. The second-order valence-electron chi connectivity index (χ2n) is 17.5. The fourth-order valence-corrected chi connectivity index (χ4v) is 9.91.